The van der Waals surface area contributed by atoms with Gasteiger partial charge < -0.3 is 9.84 Å². The summed E-state index contributed by atoms with van der Waals surface area (Å²) in [6, 6.07) is 0. The van der Waals surface area contributed by atoms with E-state index in [1.54, 1.807) is 6.20 Å². The first-order valence-corrected chi connectivity index (χ1v) is 5.75. The van der Waals surface area contributed by atoms with Gasteiger partial charge in [0, 0.05) is 19.0 Å². The molecular formula is C9H12ClNO2S. The summed E-state index contributed by atoms with van der Waals surface area (Å²) in [6.45, 7) is 2.56. The summed E-state index contributed by atoms with van der Waals surface area (Å²) in [5.41, 5.74) is -0.789. The van der Waals surface area contributed by atoms with Gasteiger partial charge in [-0.2, -0.15) is 0 Å². The lowest BCUT2D eigenvalue weighted by Gasteiger charge is -2.34. The number of rotatable bonds is 1. The maximum Gasteiger partial charge on any atom is 0.183 e. The van der Waals surface area contributed by atoms with Crippen molar-refractivity contribution in [1.82, 2.24) is 4.98 Å². The number of thiazole rings is 1. The van der Waals surface area contributed by atoms with Crippen molar-refractivity contribution >= 4 is 22.9 Å². The molecule has 1 saturated heterocycles. The maximum atomic E-state index is 10.4. The van der Waals surface area contributed by atoms with Crippen LogP contribution in [0.4, 0.5) is 0 Å². The Hall–Kier alpha value is -0.160. The second-order valence-corrected chi connectivity index (χ2v) is 5.26. The highest BCUT2D eigenvalue weighted by atomic mass is 35.5. The Bertz CT molecular complexity index is 330. The van der Waals surface area contributed by atoms with E-state index >= 15 is 0 Å². The molecule has 0 amide bonds. The van der Waals surface area contributed by atoms with Gasteiger partial charge in [-0.25, -0.2) is 4.98 Å². The van der Waals surface area contributed by atoms with Crippen molar-refractivity contribution in [1.29, 1.82) is 0 Å². The van der Waals surface area contributed by atoms with E-state index in [9.17, 15) is 5.11 Å². The van der Waals surface area contributed by atoms with Crippen LogP contribution in [0.15, 0.2) is 6.20 Å². The lowest BCUT2D eigenvalue weighted by molar-refractivity contribution is -0.0995. The summed E-state index contributed by atoms with van der Waals surface area (Å²) in [6.07, 6.45) is 2.99. The Morgan fingerprint density at radius 1 is 1.79 bits per heavy atom. The third-order valence-electron chi connectivity index (χ3n) is 2.48. The Kier molecular flexibility index (Phi) is 2.79. The second kappa shape index (κ2) is 3.77. The van der Waals surface area contributed by atoms with Crippen LogP contribution in [-0.4, -0.2) is 22.8 Å². The van der Waals surface area contributed by atoms with Gasteiger partial charge in [-0.05, 0) is 6.92 Å². The third-order valence-corrected chi connectivity index (χ3v) is 3.79. The predicted molar refractivity (Wildman–Crippen MR) is 55.7 cm³/mol. The molecule has 0 bridgehead atoms. The van der Waals surface area contributed by atoms with Crippen LogP contribution in [0, 0.1) is 0 Å². The van der Waals surface area contributed by atoms with Gasteiger partial charge in [-0.15, -0.1) is 11.3 Å². The number of aliphatic hydroxyl groups is 1. The van der Waals surface area contributed by atoms with Crippen molar-refractivity contribution in [2.45, 2.75) is 31.5 Å². The van der Waals surface area contributed by atoms with Gasteiger partial charge in [0.15, 0.2) is 4.47 Å². The van der Waals surface area contributed by atoms with Crippen molar-refractivity contribution in [3.8, 4) is 0 Å². The molecule has 5 heteroatoms. The van der Waals surface area contributed by atoms with Crippen LogP contribution in [-0.2, 0) is 10.3 Å². The molecule has 0 radical (unpaired) electrons. The minimum atomic E-state index is -0.789. The summed E-state index contributed by atoms with van der Waals surface area (Å²) in [7, 11) is 0. The van der Waals surface area contributed by atoms with Crippen molar-refractivity contribution in [3.63, 3.8) is 0 Å². The molecule has 1 aromatic heterocycles. The highest BCUT2D eigenvalue weighted by molar-refractivity contribution is 7.15. The molecule has 1 fully saturated rings. The number of hydrogen-bond acceptors (Lipinski definition) is 4. The van der Waals surface area contributed by atoms with Crippen LogP contribution < -0.4 is 0 Å². The maximum absolute atomic E-state index is 10.4. The number of aromatic nitrogens is 1. The number of halogens is 1. The summed E-state index contributed by atoms with van der Waals surface area (Å²) in [5.74, 6) is 0. The van der Waals surface area contributed by atoms with E-state index in [-0.39, 0.29) is 6.10 Å². The van der Waals surface area contributed by atoms with Crippen LogP contribution in [0.2, 0.25) is 4.47 Å². The van der Waals surface area contributed by atoms with Crippen LogP contribution in [0.1, 0.15) is 24.6 Å². The smallest absolute Gasteiger partial charge is 0.183 e. The Morgan fingerprint density at radius 2 is 2.57 bits per heavy atom. The van der Waals surface area contributed by atoms with Gasteiger partial charge in [-0.3, -0.25) is 0 Å². The minimum absolute atomic E-state index is 0.0922. The molecule has 0 aliphatic carbocycles. The second-order valence-electron chi connectivity index (χ2n) is 3.64. The number of nitrogens with zero attached hydrogens (tertiary/aromatic N) is 1. The van der Waals surface area contributed by atoms with E-state index < -0.39 is 5.60 Å². The standard InChI is InChI=1S/C9H12ClNO2S/c1-6-4-9(12,2-3-13-6)7-5-11-8(10)14-7/h5-6,12H,2-4H2,1H3. The van der Waals surface area contributed by atoms with E-state index in [1.807, 2.05) is 6.92 Å². The molecule has 2 atom stereocenters. The molecule has 14 heavy (non-hydrogen) atoms. The summed E-state index contributed by atoms with van der Waals surface area (Å²) in [4.78, 5) is 4.79. The van der Waals surface area contributed by atoms with Crippen molar-refractivity contribution in [3.05, 3.63) is 15.5 Å². The first-order valence-electron chi connectivity index (χ1n) is 4.56. The third kappa shape index (κ3) is 1.93. The largest absolute Gasteiger partial charge is 0.384 e. The highest BCUT2D eigenvalue weighted by Crippen LogP contribution is 2.38. The highest BCUT2D eigenvalue weighted by Gasteiger charge is 2.36. The van der Waals surface area contributed by atoms with E-state index in [0.29, 0.717) is 23.9 Å². The molecule has 0 saturated carbocycles. The van der Waals surface area contributed by atoms with Gasteiger partial charge in [0.05, 0.1) is 17.6 Å². The zero-order chi connectivity index (χ0) is 10.2. The first kappa shape index (κ1) is 10.4. The Labute approximate surface area is 91.7 Å². The molecule has 1 aliphatic heterocycles. The molecule has 0 spiro atoms. The molecule has 0 aromatic carbocycles. The van der Waals surface area contributed by atoms with Crippen molar-refractivity contribution in [2.24, 2.45) is 0 Å². The SMILES string of the molecule is CC1CC(O)(c2cnc(Cl)s2)CCO1. The van der Waals surface area contributed by atoms with Gasteiger partial charge in [-0.1, -0.05) is 11.6 Å². The number of ether oxygens (including phenoxy) is 1. The topological polar surface area (TPSA) is 42.4 Å². The lowest BCUT2D eigenvalue weighted by Crippen LogP contribution is -2.36. The van der Waals surface area contributed by atoms with Crippen LogP contribution in [0.25, 0.3) is 0 Å². The fourth-order valence-corrected chi connectivity index (χ4v) is 2.82. The molecule has 2 heterocycles. The normalized spacial score (nSPS) is 33.2. The van der Waals surface area contributed by atoms with Crippen molar-refractivity contribution < 1.29 is 9.84 Å². The molecule has 1 aliphatic rings. The average Bonchev–Trinajstić information content (AvgIpc) is 2.52. The Balaban J connectivity index is 2.22. The van der Waals surface area contributed by atoms with Crippen LogP contribution in [0.5, 0.6) is 0 Å². The lowest BCUT2D eigenvalue weighted by atomic mass is 9.90. The predicted octanol–water partition coefficient (Wildman–Crippen LogP) is 2.18. The number of hydrogen-bond donors (Lipinski definition) is 1. The summed E-state index contributed by atoms with van der Waals surface area (Å²) >= 11 is 7.09. The van der Waals surface area contributed by atoms with Gasteiger partial charge >= 0.3 is 0 Å². The zero-order valence-electron chi connectivity index (χ0n) is 7.86. The van der Waals surface area contributed by atoms with Crippen LogP contribution >= 0.6 is 22.9 Å². The molecule has 78 valence electrons. The summed E-state index contributed by atoms with van der Waals surface area (Å²) in [5, 5.41) is 10.4. The fraction of sp³-hybridized carbons (Fsp3) is 0.667. The average molecular weight is 234 g/mol. The quantitative estimate of drug-likeness (QED) is 0.809. The van der Waals surface area contributed by atoms with E-state index in [1.165, 1.54) is 11.3 Å². The molecule has 3 nitrogen and oxygen atoms in total. The Morgan fingerprint density at radius 3 is 3.14 bits per heavy atom. The van der Waals surface area contributed by atoms with Gasteiger partial charge in [0.1, 0.15) is 5.60 Å². The van der Waals surface area contributed by atoms with Crippen molar-refractivity contribution in [2.75, 3.05) is 6.61 Å². The molecule has 2 unspecified atom stereocenters. The van der Waals surface area contributed by atoms with Gasteiger partial charge in [0.25, 0.3) is 0 Å². The van der Waals surface area contributed by atoms with Crippen LogP contribution in [0.3, 0.4) is 0 Å². The fourth-order valence-electron chi connectivity index (χ4n) is 1.76. The molecule has 2 rings (SSSR count). The minimum Gasteiger partial charge on any atom is -0.384 e. The van der Waals surface area contributed by atoms with E-state index in [0.717, 1.165) is 4.88 Å². The molecular weight excluding hydrogens is 222 g/mol. The van der Waals surface area contributed by atoms with Gasteiger partial charge in [0.2, 0.25) is 0 Å². The molecule has 1 aromatic rings. The monoisotopic (exact) mass is 233 g/mol. The van der Waals surface area contributed by atoms with E-state index in [4.69, 9.17) is 16.3 Å². The first-order chi connectivity index (χ1) is 6.60. The van der Waals surface area contributed by atoms with E-state index in [2.05, 4.69) is 4.98 Å². The zero-order valence-corrected chi connectivity index (χ0v) is 9.44. The summed E-state index contributed by atoms with van der Waals surface area (Å²) < 4.78 is 5.87. The molecule has 1 N–H and O–H groups in total.